The Bertz CT molecular complexity index is 1220. The zero-order chi connectivity index (χ0) is 24.2. The van der Waals surface area contributed by atoms with Gasteiger partial charge in [-0.2, -0.15) is 15.4 Å². The lowest BCUT2D eigenvalue weighted by Crippen LogP contribution is -2.28. The Balaban J connectivity index is 1.41. The van der Waals surface area contributed by atoms with Crippen LogP contribution in [0.25, 0.3) is 11.1 Å². The van der Waals surface area contributed by atoms with Gasteiger partial charge in [-0.1, -0.05) is 44.2 Å². The maximum Gasteiger partial charge on any atom is 0.407 e. The third-order valence-corrected chi connectivity index (χ3v) is 8.24. The number of carbonyl (C=O) groups excluding carboxylic acids is 1. The van der Waals surface area contributed by atoms with Crippen molar-refractivity contribution >= 4 is 15.9 Å². The molecule has 1 amide bonds. The molecule has 1 saturated carbocycles. The van der Waals surface area contributed by atoms with Crippen LogP contribution in [-0.2, 0) is 26.5 Å². The first-order valence-corrected chi connectivity index (χ1v) is 13.1. The highest BCUT2D eigenvalue weighted by Gasteiger charge is 2.31. The number of nitrogens with one attached hydrogen (secondary N) is 2. The number of benzene rings is 2. The summed E-state index contributed by atoms with van der Waals surface area (Å²) in [7, 11) is -3.52. The summed E-state index contributed by atoms with van der Waals surface area (Å²) in [5.41, 5.74) is 2.70. The molecular formula is C25H30N4O4S. The topological polar surface area (TPSA) is 114 Å². The second kappa shape index (κ2) is 9.97. The quantitative estimate of drug-likeness (QED) is 0.492. The molecule has 4 rings (SSSR count). The van der Waals surface area contributed by atoms with Gasteiger partial charge in [0.25, 0.3) is 0 Å². The van der Waals surface area contributed by atoms with E-state index < -0.39 is 15.3 Å². The lowest BCUT2D eigenvalue weighted by molar-refractivity contribution is 0.100. The summed E-state index contributed by atoms with van der Waals surface area (Å²) >= 11 is 0. The Morgan fingerprint density at radius 2 is 1.85 bits per heavy atom. The van der Waals surface area contributed by atoms with Gasteiger partial charge >= 0.3 is 6.09 Å². The SMILES string of the molecule is CC(C)(CS(=O)(=O)c1ccc(-c2cccc(CNC(=O)OC3CCCC3)c2)cc1)c1cn[nH]n1. The van der Waals surface area contributed by atoms with E-state index in [1.54, 1.807) is 30.5 Å². The van der Waals surface area contributed by atoms with Crippen molar-refractivity contribution in [1.29, 1.82) is 0 Å². The molecule has 1 aliphatic carbocycles. The summed E-state index contributed by atoms with van der Waals surface area (Å²) in [6.45, 7) is 4.03. The third kappa shape index (κ3) is 5.83. The molecule has 1 fully saturated rings. The van der Waals surface area contributed by atoms with E-state index >= 15 is 0 Å². The predicted molar refractivity (Wildman–Crippen MR) is 129 cm³/mol. The molecule has 2 aromatic carbocycles. The first-order valence-electron chi connectivity index (χ1n) is 11.5. The van der Waals surface area contributed by atoms with Crippen LogP contribution < -0.4 is 5.32 Å². The standard InChI is InChI=1S/C25H30N4O4S/c1-25(2,23-16-27-29-28-23)17-34(31,32)22-12-10-19(11-13-22)20-7-5-6-18(14-20)15-26-24(30)33-21-8-3-4-9-21/h5-7,10-14,16,21H,3-4,8-9,15,17H2,1-2H3,(H,26,30)(H,27,28,29). The third-order valence-electron chi connectivity index (χ3n) is 6.15. The maximum absolute atomic E-state index is 13.0. The number of nitrogens with zero attached hydrogens (tertiary/aromatic N) is 2. The molecule has 1 aromatic heterocycles. The molecule has 180 valence electrons. The fourth-order valence-corrected chi connectivity index (χ4v) is 6.06. The van der Waals surface area contributed by atoms with Crippen LogP contribution in [0.15, 0.2) is 59.6 Å². The van der Waals surface area contributed by atoms with Gasteiger partial charge < -0.3 is 10.1 Å². The van der Waals surface area contributed by atoms with Crippen molar-refractivity contribution in [3.8, 4) is 11.1 Å². The van der Waals surface area contributed by atoms with Crippen LogP contribution in [0.1, 0.15) is 50.8 Å². The lowest BCUT2D eigenvalue weighted by atomic mass is 9.93. The summed E-state index contributed by atoms with van der Waals surface area (Å²) in [4.78, 5) is 12.3. The largest absolute Gasteiger partial charge is 0.446 e. The van der Waals surface area contributed by atoms with E-state index in [4.69, 9.17) is 4.74 Å². The van der Waals surface area contributed by atoms with Gasteiger partial charge in [0, 0.05) is 12.0 Å². The number of aromatic amines is 1. The van der Waals surface area contributed by atoms with Crippen molar-refractivity contribution < 1.29 is 17.9 Å². The summed E-state index contributed by atoms with van der Waals surface area (Å²) in [6, 6.07) is 14.7. The maximum atomic E-state index is 13.0. The molecular weight excluding hydrogens is 452 g/mol. The number of carbonyl (C=O) groups is 1. The molecule has 1 heterocycles. The lowest BCUT2D eigenvalue weighted by Gasteiger charge is -2.21. The minimum atomic E-state index is -3.52. The number of hydrogen-bond acceptors (Lipinski definition) is 6. The molecule has 0 radical (unpaired) electrons. The van der Waals surface area contributed by atoms with Crippen molar-refractivity contribution in [2.24, 2.45) is 0 Å². The Hall–Kier alpha value is -3.20. The highest BCUT2D eigenvalue weighted by Crippen LogP contribution is 2.28. The van der Waals surface area contributed by atoms with Gasteiger partial charge in [-0.15, -0.1) is 0 Å². The fourth-order valence-electron chi connectivity index (χ4n) is 4.25. The van der Waals surface area contributed by atoms with Gasteiger partial charge in [0.05, 0.1) is 22.5 Å². The summed E-state index contributed by atoms with van der Waals surface area (Å²) in [5, 5.41) is 13.2. The van der Waals surface area contributed by atoms with E-state index in [2.05, 4.69) is 20.7 Å². The molecule has 0 bridgehead atoms. The Morgan fingerprint density at radius 3 is 2.53 bits per heavy atom. The zero-order valence-electron chi connectivity index (χ0n) is 19.5. The molecule has 0 unspecified atom stereocenters. The van der Waals surface area contributed by atoms with Crippen LogP contribution in [0.2, 0.25) is 0 Å². The number of hydrogen-bond donors (Lipinski definition) is 2. The molecule has 0 aliphatic heterocycles. The molecule has 34 heavy (non-hydrogen) atoms. The number of amides is 1. The fraction of sp³-hybridized carbons (Fsp3) is 0.400. The number of aromatic nitrogens is 3. The Kier molecular flexibility index (Phi) is 7.02. The first-order chi connectivity index (χ1) is 16.2. The van der Waals surface area contributed by atoms with Crippen molar-refractivity contribution in [3.05, 3.63) is 66.0 Å². The smallest absolute Gasteiger partial charge is 0.407 e. The van der Waals surface area contributed by atoms with Crippen molar-refractivity contribution in [1.82, 2.24) is 20.7 Å². The van der Waals surface area contributed by atoms with Gasteiger partial charge in [-0.05, 0) is 60.6 Å². The van der Waals surface area contributed by atoms with Crippen LogP contribution in [0.5, 0.6) is 0 Å². The highest BCUT2D eigenvalue weighted by molar-refractivity contribution is 7.91. The number of alkyl carbamates (subject to hydrolysis) is 1. The van der Waals surface area contributed by atoms with Gasteiger partial charge in [-0.3, -0.25) is 0 Å². The van der Waals surface area contributed by atoms with E-state index in [9.17, 15) is 13.2 Å². The summed E-state index contributed by atoms with van der Waals surface area (Å²) in [5.74, 6) is -0.0794. The molecule has 0 spiro atoms. The molecule has 9 heteroatoms. The van der Waals surface area contributed by atoms with Gasteiger partial charge in [-0.25, -0.2) is 13.2 Å². The first kappa shape index (κ1) is 23.9. The average Bonchev–Trinajstić information content (AvgIpc) is 3.52. The second-order valence-electron chi connectivity index (χ2n) is 9.39. The van der Waals surface area contributed by atoms with E-state index in [1.165, 1.54) is 0 Å². The van der Waals surface area contributed by atoms with Crippen molar-refractivity contribution in [2.75, 3.05) is 5.75 Å². The Morgan fingerprint density at radius 1 is 1.12 bits per heavy atom. The van der Waals surface area contributed by atoms with E-state index in [1.807, 2.05) is 38.1 Å². The number of H-pyrrole nitrogens is 1. The van der Waals surface area contributed by atoms with E-state index in [0.29, 0.717) is 12.2 Å². The van der Waals surface area contributed by atoms with Crippen LogP contribution in [0.3, 0.4) is 0 Å². The second-order valence-corrected chi connectivity index (χ2v) is 11.4. The Labute approximate surface area is 200 Å². The molecule has 1 aliphatic rings. The van der Waals surface area contributed by atoms with E-state index in [-0.39, 0.29) is 22.8 Å². The van der Waals surface area contributed by atoms with Crippen LogP contribution >= 0.6 is 0 Å². The van der Waals surface area contributed by atoms with Crippen LogP contribution in [-0.4, -0.2) is 41.8 Å². The minimum absolute atomic E-state index is 0.0302. The average molecular weight is 483 g/mol. The van der Waals surface area contributed by atoms with Crippen molar-refractivity contribution in [2.45, 2.75) is 62.5 Å². The number of sulfone groups is 1. The monoisotopic (exact) mass is 482 g/mol. The molecule has 0 atom stereocenters. The number of rotatable bonds is 8. The molecule has 0 saturated heterocycles. The number of ether oxygens (including phenoxy) is 1. The van der Waals surface area contributed by atoms with E-state index in [0.717, 1.165) is 42.4 Å². The van der Waals surface area contributed by atoms with Gasteiger partial charge in [0.1, 0.15) is 6.10 Å². The molecule has 2 N–H and O–H groups in total. The predicted octanol–water partition coefficient (Wildman–Crippen LogP) is 4.39. The molecule has 8 nitrogen and oxygen atoms in total. The summed E-state index contributed by atoms with van der Waals surface area (Å²) < 4.78 is 31.4. The molecule has 3 aromatic rings. The van der Waals surface area contributed by atoms with Gasteiger partial charge in [0.15, 0.2) is 9.84 Å². The van der Waals surface area contributed by atoms with Crippen molar-refractivity contribution in [3.63, 3.8) is 0 Å². The minimum Gasteiger partial charge on any atom is -0.446 e. The van der Waals surface area contributed by atoms with Crippen LogP contribution in [0, 0.1) is 0 Å². The normalized spacial score (nSPS) is 14.8. The van der Waals surface area contributed by atoms with Crippen LogP contribution in [0.4, 0.5) is 4.79 Å². The zero-order valence-corrected chi connectivity index (χ0v) is 20.3. The van der Waals surface area contributed by atoms with Gasteiger partial charge in [0.2, 0.25) is 0 Å². The highest BCUT2D eigenvalue weighted by atomic mass is 32.2. The summed E-state index contributed by atoms with van der Waals surface area (Å²) in [6.07, 6.45) is 5.29.